The van der Waals surface area contributed by atoms with E-state index in [0.29, 0.717) is 6.54 Å². The van der Waals surface area contributed by atoms with Crippen LogP contribution >= 0.6 is 0 Å². The van der Waals surface area contributed by atoms with E-state index in [4.69, 9.17) is 4.74 Å². The highest BCUT2D eigenvalue weighted by Gasteiger charge is 2.21. The summed E-state index contributed by atoms with van der Waals surface area (Å²) in [6, 6.07) is 12.7. The lowest BCUT2D eigenvalue weighted by molar-refractivity contribution is 0.109. The van der Waals surface area contributed by atoms with Gasteiger partial charge < -0.3 is 14.7 Å². The van der Waals surface area contributed by atoms with Crippen molar-refractivity contribution in [3.8, 4) is 5.75 Å². The van der Waals surface area contributed by atoms with Gasteiger partial charge in [-0.15, -0.1) is 0 Å². The molecule has 4 nitrogen and oxygen atoms in total. The number of hydrogen-bond acceptors (Lipinski definition) is 4. The van der Waals surface area contributed by atoms with Gasteiger partial charge in [-0.3, -0.25) is 4.90 Å². The molecule has 25 heavy (non-hydrogen) atoms. The number of hydrogen-bond donors (Lipinski definition) is 1. The van der Waals surface area contributed by atoms with Crippen LogP contribution in [0, 0.1) is 5.82 Å². The Bertz CT molecular complexity index is 727. The Labute approximate surface area is 147 Å². The van der Waals surface area contributed by atoms with Crippen molar-refractivity contribution in [2.24, 2.45) is 0 Å². The van der Waals surface area contributed by atoms with E-state index in [1.54, 1.807) is 0 Å². The minimum Gasteiger partial charge on any atom is -0.493 e. The lowest BCUT2D eigenvalue weighted by Gasteiger charge is -2.37. The first kappa shape index (κ1) is 16.4. The van der Waals surface area contributed by atoms with Crippen LogP contribution in [0.5, 0.6) is 5.75 Å². The van der Waals surface area contributed by atoms with Gasteiger partial charge in [-0.25, -0.2) is 4.39 Å². The molecule has 0 spiro atoms. The normalized spacial score (nSPS) is 18.7. The molecule has 132 valence electrons. The van der Waals surface area contributed by atoms with Gasteiger partial charge in [-0.2, -0.15) is 0 Å². The van der Waals surface area contributed by atoms with Crippen molar-refractivity contribution >= 4 is 5.69 Å². The Morgan fingerprint density at radius 1 is 1.04 bits per heavy atom. The van der Waals surface area contributed by atoms with Gasteiger partial charge in [0.25, 0.3) is 0 Å². The van der Waals surface area contributed by atoms with Crippen LogP contribution in [0.4, 0.5) is 10.1 Å². The number of nitrogens with zero attached hydrogens (tertiary/aromatic N) is 2. The zero-order chi connectivity index (χ0) is 17.2. The molecule has 1 unspecified atom stereocenters. The zero-order valence-electron chi connectivity index (χ0n) is 14.2. The highest BCUT2D eigenvalue weighted by molar-refractivity contribution is 5.46. The van der Waals surface area contributed by atoms with Gasteiger partial charge in [0.1, 0.15) is 11.6 Å². The maximum atomic E-state index is 13.0. The molecule has 0 aromatic heterocycles. The summed E-state index contributed by atoms with van der Waals surface area (Å²) in [6.45, 7) is 4.93. The van der Waals surface area contributed by atoms with E-state index >= 15 is 0 Å². The van der Waals surface area contributed by atoms with E-state index in [2.05, 4.69) is 15.9 Å². The number of ether oxygens (including phenoxy) is 1. The van der Waals surface area contributed by atoms with Crippen LogP contribution in [-0.2, 0) is 6.42 Å². The van der Waals surface area contributed by atoms with E-state index in [0.717, 1.165) is 56.2 Å². The van der Waals surface area contributed by atoms with Crippen LogP contribution in [-0.4, -0.2) is 49.3 Å². The Morgan fingerprint density at radius 3 is 2.56 bits per heavy atom. The molecule has 2 aromatic carbocycles. The number of benzene rings is 2. The van der Waals surface area contributed by atoms with Gasteiger partial charge in [-0.1, -0.05) is 6.07 Å². The topological polar surface area (TPSA) is 35.9 Å². The number of halogens is 1. The van der Waals surface area contributed by atoms with Gasteiger partial charge in [-0.05, 0) is 47.5 Å². The summed E-state index contributed by atoms with van der Waals surface area (Å²) in [5.74, 6) is 0.745. The first-order valence-electron chi connectivity index (χ1n) is 8.85. The quantitative estimate of drug-likeness (QED) is 0.927. The van der Waals surface area contributed by atoms with Crippen molar-refractivity contribution in [3.63, 3.8) is 0 Å². The maximum Gasteiger partial charge on any atom is 0.123 e. The van der Waals surface area contributed by atoms with Gasteiger partial charge in [0.2, 0.25) is 0 Å². The predicted octanol–water partition coefficient (Wildman–Crippen LogP) is 2.62. The molecule has 5 heteroatoms. The van der Waals surface area contributed by atoms with Crippen LogP contribution in [0.1, 0.15) is 17.2 Å². The molecule has 2 aliphatic heterocycles. The summed E-state index contributed by atoms with van der Waals surface area (Å²) in [4.78, 5) is 4.55. The minimum absolute atomic E-state index is 0.203. The average molecular weight is 342 g/mol. The number of anilines is 1. The monoisotopic (exact) mass is 342 g/mol. The van der Waals surface area contributed by atoms with Crippen molar-refractivity contribution in [3.05, 3.63) is 59.4 Å². The van der Waals surface area contributed by atoms with Gasteiger partial charge >= 0.3 is 0 Å². The van der Waals surface area contributed by atoms with Crippen molar-refractivity contribution in [2.75, 3.05) is 44.2 Å². The second-order valence-electron chi connectivity index (χ2n) is 6.75. The molecule has 0 bridgehead atoms. The summed E-state index contributed by atoms with van der Waals surface area (Å²) >= 11 is 0. The fourth-order valence-electron chi connectivity index (χ4n) is 3.60. The Kier molecular flexibility index (Phi) is 4.59. The van der Waals surface area contributed by atoms with E-state index in [9.17, 15) is 9.50 Å². The number of rotatable bonds is 4. The van der Waals surface area contributed by atoms with E-state index < -0.39 is 6.10 Å². The molecule has 4 rings (SSSR count). The molecular formula is C20H23FN2O2. The highest BCUT2D eigenvalue weighted by Crippen LogP contribution is 2.28. The van der Waals surface area contributed by atoms with Crippen LogP contribution in [0.25, 0.3) is 0 Å². The van der Waals surface area contributed by atoms with E-state index in [-0.39, 0.29) is 5.82 Å². The highest BCUT2D eigenvalue weighted by atomic mass is 19.1. The zero-order valence-corrected chi connectivity index (χ0v) is 14.2. The van der Waals surface area contributed by atoms with E-state index in [1.807, 2.05) is 24.3 Å². The second kappa shape index (κ2) is 7.02. The SMILES string of the molecule is OC(CN1CCN(c2ccc(F)cc2)CC1)c1ccc2c(c1)CCO2. The molecule has 2 aliphatic rings. The molecule has 2 heterocycles. The molecule has 1 atom stereocenters. The third-order valence-electron chi connectivity index (χ3n) is 5.09. The van der Waals surface area contributed by atoms with Crippen molar-refractivity contribution in [2.45, 2.75) is 12.5 Å². The average Bonchev–Trinajstić information content (AvgIpc) is 3.11. The van der Waals surface area contributed by atoms with E-state index in [1.165, 1.54) is 17.7 Å². The molecule has 0 amide bonds. The molecular weight excluding hydrogens is 319 g/mol. The summed E-state index contributed by atoms with van der Waals surface area (Å²) in [5.41, 5.74) is 3.21. The Balaban J connectivity index is 1.33. The number of piperazine rings is 1. The molecule has 1 N–H and O–H groups in total. The standard InChI is InChI=1S/C20H23FN2O2/c21-17-2-4-18(5-3-17)23-10-8-22(9-11-23)14-19(24)15-1-6-20-16(13-15)7-12-25-20/h1-6,13,19,24H,7-12,14H2. The summed E-state index contributed by atoms with van der Waals surface area (Å²) in [5, 5.41) is 10.6. The number of aliphatic hydroxyl groups excluding tert-OH is 1. The maximum absolute atomic E-state index is 13.0. The number of fused-ring (bicyclic) bond motifs is 1. The van der Waals surface area contributed by atoms with Crippen LogP contribution in [0.15, 0.2) is 42.5 Å². The van der Waals surface area contributed by atoms with Crippen LogP contribution in [0.2, 0.25) is 0 Å². The molecule has 2 aromatic rings. The molecule has 0 radical (unpaired) electrons. The number of aliphatic hydroxyl groups is 1. The first-order valence-corrected chi connectivity index (χ1v) is 8.85. The molecule has 1 fully saturated rings. The largest absolute Gasteiger partial charge is 0.493 e. The van der Waals surface area contributed by atoms with Gasteiger partial charge in [0.05, 0.1) is 12.7 Å². The fraction of sp³-hybridized carbons (Fsp3) is 0.400. The second-order valence-corrected chi connectivity index (χ2v) is 6.75. The first-order chi connectivity index (χ1) is 12.2. The Morgan fingerprint density at radius 2 is 1.80 bits per heavy atom. The summed E-state index contributed by atoms with van der Waals surface area (Å²) in [6.07, 6.45) is 0.440. The lowest BCUT2D eigenvalue weighted by Crippen LogP contribution is -2.47. The van der Waals surface area contributed by atoms with Crippen molar-refractivity contribution in [1.82, 2.24) is 4.90 Å². The van der Waals surface area contributed by atoms with Gasteiger partial charge in [0.15, 0.2) is 0 Å². The predicted molar refractivity (Wildman–Crippen MR) is 95.7 cm³/mol. The molecule has 0 aliphatic carbocycles. The fourth-order valence-corrected chi connectivity index (χ4v) is 3.60. The lowest BCUT2D eigenvalue weighted by atomic mass is 10.0. The smallest absolute Gasteiger partial charge is 0.123 e. The van der Waals surface area contributed by atoms with Gasteiger partial charge in [0, 0.05) is 44.8 Å². The number of β-amino-alcohol motifs (C(OH)–C–C–N with tert-alkyl or cyclic N) is 1. The molecule has 1 saturated heterocycles. The third kappa shape index (κ3) is 3.62. The molecule has 0 saturated carbocycles. The van der Waals surface area contributed by atoms with Crippen LogP contribution < -0.4 is 9.64 Å². The third-order valence-corrected chi connectivity index (χ3v) is 5.09. The van der Waals surface area contributed by atoms with Crippen molar-refractivity contribution in [1.29, 1.82) is 0 Å². The van der Waals surface area contributed by atoms with Crippen LogP contribution in [0.3, 0.4) is 0 Å². The minimum atomic E-state index is -0.483. The summed E-state index contributed by atoms with van der Waals surface area (Å²) < 4.78 is 18.6. The Hall–Kier alpha value is -2.11. The van der Waals surface area contributed by atoms with Crippen molar-refractivity contribution < 1.29 is 14.2 Å². The summed E-state index contributed by atoms with van der Waals surface area (Å²) in [7, 11) is 0.